The van der Waals surface area contributed by atoms with E-state index in [2.05, 4.69) is 55.6 Å². The van der Waals surface area contributed by atoms with Crippen LogP contribution in [0.4, 0.5) is 0 Å². The van der Waals surface area contributed by atoms with Crippen molar-refractivity contribution in [3.05, 3.63) is 85.1 Å². The van der Waals surface area contributed by atoms with E-state index in [4.69, 9.17) is 0 Å². The number of hydrogen-bond acceptors (Lipinski definition) is 3. The van der Waals surface area contributed by atoms with Crippen LogP contribution in [0, 0.1) is 5.92 Å². The van der Waals surface area contributed by atoms with Crippen LogP contribution in [0.2, 0.25) is 0 Å². The molecule has 0 saturated carbocycles. The van der Waals surface area contributed by atoms with E-state index in [9.17, 15) is 15.0 Å². The molecule has 0 radical (unpaired) electrons. The summed E-state index contributed by atoms with van der Waals surface area (Å²) in [6.07, 6.45) is 31.0. The molecule has 0 bridgehead atoms. The standard InChI is InChI=1S/C28H41NO3/c1-3-4-5-6-7-10-18-25-19-14-13-16-24(2)17-15-21-27(31)23-26(30)20-11-8-9-12-22-28(32)29-25/h5-15,17,20,22,24-27,30-31H,3-4,16,18-19,21,23H2,1-2H3,(H,29,32). The van der Waals surface area contributed by atoms with Crippen molar-refractivity contribution < 1.29 is 15.0 Å². The average Bonchev–Trinajstić information content (AvgIpc) is 2.75. The summed E-state index contributed by atoms with van der Waals surface area (Å²) in [6.45, 7) is 4.29. The molecule has 4 unspecified atom stereocenters. The van der Waals surface area contributed by atoms with Gasteiger partial charge in [0.2, 0.25) is 5.91 Å². The fourth-order valence-electron chi connectivity index (χ4n) is 3.16. The molecular weight excluding hydrogens is 398 g/mol. The minimum absolute atomic E-state index is 0.0323. The maximum atomic E-state index is 12.3. The van der Waals surface area contributed by atoms with Gasteiger partial charge in [0.25, 0.3) is 0 Å². The highest BCUT2D eigenvalue weighted by Crippen LogP contribution is 2.10. The third-order valence-electron chi connectivity index (χ3n) is 5.00. The van der Waals surface area contributed by atoms with Crippen LogP contribution in [-0.2, 0) is 4.79 Å². The van der Waals surface area contributed by atoms with Crippen LogP contribution in [-0.4, -0.2) is 34.4 Å². The lowest BCUT2D eigenvalue weighted by molar-refractivity contribution is -0.117. The SMILES string of the molecule is CCCC=CC=CCC1CC=CCC(C)C=CCC(O)CC(O)C=CC=CC=CC(=O)N1. The Labute approximate surface area is 194 Å². The van der Waals surface area contributed by atoms with E-state index in [1.807, 2.05) is 12.2 Å². The Morgan fingerprint density at radius 3 is 2.53 bits per heavy atom. The number of aliphatic hydroxyl groups is 2. The molecule has 1 aliphatic rings. The third-order valence-corrected chi connectivity index (χ3v) is 5.00. The van der Waals surface area contributed by atoms with Gasteiger partial charge in [-0.05, 0) is 38.0 Å². The van der Waals surface area contributed by atoms with Gasteiger partial charge >= 0.3 is 0 Å². The Morgan fingerprint density at radius 1 is 0.969 bits per heavy atom. The van der Waals surface area contributed by atoms with Crippen LogP contribution in [0.15, 0.2) is 85.1 Å². The molecule has 0 fully saturated rings. The summed E-state index contributed by atoms with van der Waals surface area (Å²) < 4.78 is 0. The van der Waals surface area contributed by atoms with E-state index in [0.29, 0.717) is 18.8 Å². The van der Waals surface area contributed by atoms with Gasteiger partial charge in [0.05, 0.1) is 12.2 Å². The van der Waals surface area contributed by atoms with Crippen LogP contribution in [0.5, 0.6) is 0 Å². The molecule has 32 heavy (non-hydrogen) atoms. The fourth-order valence-corrected chi connectivity index (χ4v) is 3.16. The number of unbranched alkanes of at least 4 members (excludes halogenated alkanes) is 1. The molecule has 0 aliphatic carbocycles. The zero-order valence-electron chi connectivity index (χ0n) is 19.6. The van der Waals surface area contributed by atoms with Crippen molar-refractivity contribution in [2.75, 3.05) is 0 Å². The Bertz CT molecular complexity index is 712. The Morgan fingerprint density at radius 2 is 1.72 bits per heavy atom. The first-order valence-corrected chi connectivity index (χ1v) is 11.8. The number of carbonyl (C=O) groups is 1. The van der Waals surface area contributed by atoms with Crippen LogP contribution in [0.3, 0.4) is 0 Å². The summed E-state index contributed by atoms with van der Waals surface area (Å²) in [5.74, 6) is 0.236. The molecule has 3 N–H and O–H groups in total. The van der Waals surface area contributed by atoms with E-state index >= 15 is 0 Å². The topological polar surface area (TPSA) is 69.6 Å². The highest BCUT2D eigenvalue weighted by Gasteiger charge is 2.09. The molecule has 4 atom stereocenters. The van der Waals surface area contributed by atoms with Crippen molar-refractivity contribution in [2.45, 2.75) is 77.0 Å². The molecule has 4 nitrogen and oxygen atoms in total. The van der Waals surface area contributed by atoms with Gasteiger partial charge in [0.1, 0.15) is 0 Å². The lowest BCUT2D eigenvalue weighted by Gasteiger charge is -2.14. The van der Waals surface area contributed by atoms with E-state index in [1.54, 1.807) is 30.4 Å². The number of nitrogens with one attached hydrogen (secondary N) is 1. The maximum Gasteiger partial charge on any atom is 0.244 e. The van der Waals surface area contributed by atoms with Gasteiger partial charge in [-0.3, -0.25) is 4.79 Å². The second kappa shape index (κ2) is 18.2. The second-order valence-electron chi connectivity index (χ2n) is 8.26. The molecule has 4 heteroatoms. The zero-order chi connectivity index (χ0) is 23.4. The Kier molecular flexibility index (Phi) is 15.7. The predicted octanol–water partition coefficient (Wildman–Crippen LogP) is 5.49. The molecule has 1 aliphatic heterocycles. The zero-order valence-corrected chi connectivity index (χ0v) is 19.6. The van der Waals surface area contributed by atoms with E-state index in [-0.39, 0.29) is 11.9 Å². The summed E-state index contributed by atoms with van der Waals surface area (Å²) in [6, 6.07) is 0.0323. The van der Waals surface area contributed by atoms with E-state index in [1.165, 1.54) is 6.08 Å². The fraction of sp³-hybridized carbons (Fsp3) is 0.464. The van der Waals surface area contributed by atoms with Crippen LogP contribution in [0.1, 0.15) is 58.8 Å². The quantitative estimate of drug-likeness (QED) is 0.392. The Balaban J connectivity index is 2.81. The van der Waals surface area contributed by atoms with Gasteiger partial charge in [-0.2, -0.15) is 0 Å². The van der Waals surface area contributed by atoms with E-state index in [0.717, 1.165) is 32.1 Å². The first kappa shape index (κ1) is 27.6. The first-order valence-electron chi connectivity index (χ1n) is 11.8. The van der Waals surface area contributed by atoms with Gasteiger partial charge in [0, 0.05) is 18.5 Å². The lowest BCUT2D eigenvalue weighted by Crippen LogP contribution is -2.32. The molecular formula is C28H41NO3. The molecule has 0 spiro atoms. The van der Waals surface area contributed by atoms with Gasteiger partial charge in [-0.15, -0.1) is 0 Å². The number of aliphatic hydroxyl groups excluding tert-OH is 2. The summed E-state index contributed by atoms with van der Waals surface area (Å²) in [7, 11) is 0. The molecule has 0 saturated heterocycles. The lowest BCUT2D eigenvalue weighted by atomic mass is 10.0. The molecule has 1 amide bonds. The van der Waals surface area contributed by atoms with E-state index < -0.39 is 12.2 Å². The highest BCUT2D eigenvalue weighted by molar-refractivity contribution is 5.88. The monoisotopic (exact) mass is 439 g/mol. The summed E-state index contributed by atoms with van der Waals surface area (Å²) in [5, 5.41) is 23.1. The molecule has 0 aromatic carbocycles. The van der Waals surface area contributed by atoms with Crippen LogP contribution < -0.4 is 5.32 Å². The molecule has 1 rings (SSSR count). The predicted molar refractivity (Wildman–Crippen MR) is 135 cm³/mol. The maximum absolute atomic E-state index is 12.3. The Hall–Kier alpha value is -2.43. The van der Waals surface area contributed by atoms with Gasteiger partial charge in [-0.1, -0.05) is 99.3 Å². The van der Waals surface area contributed by atoms with Crippen molar-refractivity contribution in [1.29, 1.82) is 0 Å². The van der Waals surface area contributed by atoms with Crippen molar-refractivity contribution in [1.82, 2.24) is 5.32 Å². The largest absolute Gasteiger partial charge is 0.393 e. The second-order valence-corrected chi connectivity index (χ2v) is 8.26. The van der Waals surface area contributed by atoms with Gasteiger partial charge in [-0.25, -0.2) is 0 Å². The average molecular weight is 440 g/mol. The van der Waals surface area contributed by atoms with Gasteiger partial charge < -0.3 is 15.5 Å². The summed E-state index contributed by atoms with van der Waals surface area (Å²) >= 11 is 0. The number of hydrogen-bond donors (Lipinski definition) is 3. The molecule has 1 heterocycles. The summed E-state index contributed by atoms with van der Waals surface area (Å²) in [4.78, 5) is 12.3. The number of allylic oxidation sites excluding steroid dienone is 9. The molecule has 176 valence electrons. The van der Waals surface area contributed by atoms with Crippen molar-refractivity contribution in [3.8, 4) is 0 Å². The number of amides is 1. The third kappa shape index (κ3) is 15.4. The van der Waals surface area contributed by atoms with Crippen molar-refractivity contribution in [2.24, 2.45) is 5.92 Å². The minimum atomic E-state index is -0.702. The van der Waals surface area contributed by atoms with Crippen LogP contribution in [0.25, 0.3) is 0 Å². The van der Waals surface area contributed by atoms with Crippen LogP contribution >= 0.6 is 0 Å². The number of rotatable bonds is 5. The minimum Gasteiger partial charge on any atom is -0.393 e. The summed E-state index contributed by atoms with van der Waals surface area (Å²) in [5.41, 5.74) is 0. The highest BCUT2D eigenvalue weighted by atomic mass is 16.3. The normalized spacial score (nSPS) is 26.7. The van der Waals surface area contributed by atoms with Crippen molar-refractivity contribution in [3.63, 3.8) is 0 Å². The smallest absolute Gasteiger partial charge is 0.244 e. The van der Waals surface area contributed by atoms with Crippen molar-refractivity contribution >= 4 is 5.91 Å². The number of carbonyl (C=O) groups excluding carboxylic acids is 1. The first-order chi connectivity index (χ1) is 15.5. The molecule has 0 aromatic heterocycles. The van der Waals surface area contributed by atoms with Gasteiger partial charge in [0.15, 0.2) is 0 Å². The molecule has 0 aromatic rings.